The Bertz CT molecular complexity index is 1150. The first-order valence-electron chi connectivity index (χ1n) is 10.8. The smallest absolute Gasteiger partial charge is 0.416 e. The van der Waals surface area contributed by atoms with Gasteiger partial charge < -0.3 is 19.1 Å². The number of hydrogen-bond acceptors (Lipinski definition) is 5. The maximum Gasteiger partial charge on any atom is 0.416 e. The third kappa shape index (κ3) is 5.06. The van der Waals surface area contributed by atoms with E-state index in [1.807, 2.05) is 36.4 Å². The number of thioether (sulfide) groups is 1. The summed E-state index contributed by atoms with van der Waals surface area (Å²) in [5.74, 6) is 2.03. The summed E-state index contributed by atoms with van der Waals surface area (Å²) in [5, 5.41) is -0.134. The maximum atomic E-state index is 13.3. The molecule has 0 unspecified atom stereocenters. The van der Waals surface area contributed by atoms with E-state index in [1.165, 1.54) is 12.1 Å². The number of fused-ring (bicyclic) bond motifs is 1. The van der Waals surface area contributed by atoms with E-state index in [2.05, 4.69) is 4.90 Å². The van der Waals surface area contributed by atoms with Crippen molar-refractivity contribution >= 4 is 17.4 Å². The van der Waals surface area contributed by atoms with E-state index in [1.54, 1.807) is 39.2 Å². The van der Waals surface area contributed by atoms with Crippen LogP contribution in [0.25, 0.3) is 0 Å². The molecule has 34 heavy (non-hydrogen) atoms. The molecule has 1 aliphatic rings. The van der Waals surface area contributed by atoms with Gasteiger partial charge in [-0.2, -0.15) is 13.2 Å². The number of methoxy groups -OCH3 is 3. The van der Waals surface area contributed by atoms with Crippen LogP contribution in [0.2, 0.25) is 0 Å². The summed E-state index contributed by atoms with van der Waals surface area (Å²) in [6.07, 6.45) is -3.70. The van der Waals surface area contributed by atoms with Crippen molar-refractivity contribution in [2.75, 3.05) is 32.8 Å². The normalized spacial score (nSPS) is 15.9. The molecule has 0 amide bonds. The SMILES string of the molecule is COc1ccc2c(c1)S[C@H](c1cccc(C(F)(F)F)c1)CCN2Cc1cccc(OC)c1OC. The Hall–Kier alpha value is -3.00. The minimum Gasteiger partial charge on any atom is -0.497 e. The molecule has 4 nitrogen and oxygen atoms in total. The largest absolute Gasteiger partial charge is 0.497 e. The van der Waals surface area contributed by atoms with Crippen LogP contribution in [0.4, 0.5) is 18.9 Å². The van der Waals surface area contributed by atoms with Gasteiger partial charge >= 0.3 is 6.18 Å². The van der Waals surface area contributed by atoms with E-state index in [0.29, 0.717) is 42.3 Å². The van der Waals surface area contributed by atoms with E-state index in [-0.39, 0.29) is 5.25 Å². The maximum absolute atomic E-state index is 13.3. The average Bonchev–Trinajstić information content (AvgIpc) is 3.02. The number of anilines is 1. The highest BCUT2D eigenvalue weighted by Crippen LogP contribution is 2.48. The van der Waals surface area contributed by atoms with Gasteiger partial charge in [0.2, 0.25) is 0 Å². The zero-order valence-corrected chi connectivity index (χ0v) is 20.0. The van der Waals surface area contributed by atoms with Crippen molar-refractivity contribution in [3.8, 4) is 17.2 Å². The van der Waals surface area contributed by atoms with Crippen molar-refractivity contribution in [1.82, 2.24) is 0 Å². The number of rotatable bonds is 6. The van der Waals surface area contributed by atoms with Crippen LogP contribution < -0.4 is 19.1 Å². The lowest BCUT2D eigenvalue weighted by Gasteiger charge is -2.26. The number of benzene rings is 3. The Labute approximate surface area is 201 Å². The van der Waals surface area contributed by atoms with Gasteiger partial charge in [-0.25, -0.2) is 0 Å². The second-order valence-corrected chi connectivity index (χ2v) is 9.17. The van der Waals surface area contributed by atoms with Crippen LogP contribution in [0, 0.1) is 0 Å². The molecule has 0 aromatic heterocycles. The van der Waals surface area contributed by atoms with Gasteiger partial charge in [0.05, 0.1) is 32.6 Å². The van der Waals surface area contributed by atoms with Gasteiger partial charge in [-0.15, -0.1) is 11.8 Å². The zero-order chi connectivity index (χ0) is 24.3. The summed E-state index contributed by atoms with van der Waals surface area (Å²) in [6, 6.07) is 17.2. The molecule has 0 aliphatic carbocycles. The van der Waals surface area contributed by atoms with E-state index < -0.39 is 11.7 Å². The van der Waals surface area contributed by atoms with Crippen molar-refractivity contribution in [1.29, 1.82) is 0 Å². The number of nitrogens with zero attached hydrogens (tertiary/aromatic N) is 1. The Balaban J connectivity index is 1.70. The molecule has 0 saturated heterocycles. The molecule has 3 aromatic carbocycles. The molecule has 0 saturated carbocycles. The lowest BCUT2D eigenvalue weighted by Crippen LogP contribution is -2.24. The Kier molecular flexibility index (Phi) is 7.16. The van der Waals surface area contributed by atoms with Crippen LogP contribution in [-0.2, 0) is 12.7 Å². The van der Waals surface area contributed by atoms with Crippen LogP contribution in [0.1, 0.15) is 28.4 Å². The van der Waals surface area contributed by atoms with E-state index in [0.717, 1.165) is 22.2 Å². The van der Waals surface area contributed by atoms with Crippen LogP contribution in [0.5, 0.6) is 17.2 Å². The molecule has 1 heterocycles. The molecule has 1 atom stereocenters. The number of halogens is 3. The van der Waals surface area contributed by atoms with Crippen LogP contribution >= 0.6 is 11.8 Å². The summed E-state index contributed by atoms with van der Waals surface area (Å²) >= 11 is 1.57. The van der Waals surface area contributed by atoms with Crippen molar-refractivity contribution in [3.05, 3.63) is 77.4 Å². The lowest BCUT2D eigenvalue weighted by atomic mass is 10.0. The molecular formula is C26H26F3NO3S. The number of hydrogen-bond donors (Lipinski definition) is 0. The highest BCUT2D eigenvalue weighted by molar-refractivity contribution is 7.99. The van der Waals surface area contributed by atoms with Crippen molar-refractivity contribution < 1.29 is 27.4 Å². The van der Waals surface area contributed by atoms with Gasteiger partial charge in [-0.1, -0.05) is 30.3 Å². The summed E-state index contributed by atoms with van der Waals surface area (Å²) < 4.78 is 56.5. The van der Waals surface area contributed by atoms with E-state index in [4.69, 9.17) is 14.2 Å². The number of ether oxygens (including phenoxy) is 3. The summed E-state index contributed by atoms with van der Waals surface area (Å²) in [6.45, 7) is 1.23. The topological polar surface area (TPSA) is 30.9 Å². The minimum atomic E-state index is -4.37. The standard InChI is InChI=1S/C26H26F3NO3S/c1-31-20-10-11-21-24(15-20)34-23(17-6-4-8-19(14-17)26(27,28)29)12-13-30(21)16-18-7-5-9-22(32-2)25(18)33-3/h4-11,14-15,23H,12-13,16H2,1-3H3/t23-/m0/s1. The monoisotopic (exact) mass is 489 g/mol. The Morgan fingerprint density at radius 2 is 1.74 bits per heavy atom. The third-order valence-electron chi connectivity index (χ3n) is 5.87. The molecule has 1 aliphatic heterocycles. The van der Waals surface area contributed by atoms with Gasteiger partial charge in [0.15, 0.2) is 11.5 Å². The third-order valence-corrected chi connectivity index (χ3v) is 7.24. The molecular weight excluding hydrogens is 463 g/mol. The Morgan fingerprint density at radius 1 is 0.941 bits per heavy atom. The van der Waals surface area contributed by atoms with Gasteiger partial charge in [-0.3, -0.25) is 0 Å². The number of para-hydroxylation sites is 1. The molecule has 0 spiro atoms. The molecule has 180 valence electrons. The summed E-state index contributed by atoms with van der Waals surface area (Å²) in [4.78, 5) is 3.19. The average molecular weight is 490 g/mol. The minimum absolute atomic E-state index is 0.134. The van der Waals surface area contributed by atoms with Crippen molar-refractivity contribution in [2.45, 2.75) is 29.3 Å². The summed E-state index contributed by atoms with van der Waals surface area (Å²) in [7, 11) is 4.82. The molecule has 0 radical (unpaired) electrons. The quantitative estimate of drug-likeness (QED) is 0.373. The van der Waals surface area contributed by atoms with Crippen LogP contribution in [0.15, 0.2) is 65.6 Å². The van der Waals surface area contributed by atoms with Gasteiger partial charge in [-0.05, 0) is 42.3 Å². The fourth-order valence-electron chi connectivity index (χ4n) is 4.18. The molecule has 0 N–H and O–H groups in total. The van der Waals surface area contributed by atoms with Crippen molar-refractivity contribution in [2.24, 2.45) is 0 Å². The highest BCUT2D eigenvalue weighted by Gasteiger charge is 2.32. The first-order chi connectivity index (χ1) is 16.3. The molecule has 0 fully saturated rings. The first kappa shape index (κ1) is 24.1. The van der Waals surface area contributed by atoms with Gasteiger partial charge in [0, 0.05) is 28.8 Å². The zero-order valence-electron chi connectivity index (χ0n) is 19.2. The molecule has 8 heteroatoms. The second-order valence-electron chi connectivity index (χ2n) is 7.93. The molecule has 0 bridgehead atoms. The number of alkyl halides is 3. The predicted molar refractivity (Wildman–Crippen MR) is 128 cm³/mol. The van der Waals surface area contributed by atoms with Gasteiger partial charge in [0.1, 0.15) is 5.75 Å². The molecule has 4 rings (SSSR count). The fraction of sp³-hybridized carbons (Fsp3) is 0.308. The van der Waals surface area contributed by atoms with Gasteiger partial charge in [0.25, 0.3) is 0 Å². The van der Waals surface area contributed by atoms with Crippen molar-refractivity contribution in [3.63, 3.8) is 0 Å². The molecule has 3 aromatic rings. The predicted octanol–water partition coefficient (Wildman–Crippen LogP) is 6.97. The fourth-order valence-corrected chi connectivity index (χ4v) is 5.50. The van der Waals surface area contributed by atoms with E-state index >= 15 is 0 Å². The lowest BCUT2D eigenvalue weighted by molar-refractivity contribution is -0.137. The second kappa shape index (κ2) is 10.1. The Morgan fingerprint density at radius 3 is 2.44 bits per heavy atom. The summed E-state index contributed by atoms with van der Waals surface area (Å²) in [5.41, 5.74) is 2.00. The van der Waals surface area contributed by atoms with E-state index in [9.17, 15) is 13.2 Å². The van der Waals surface area contributed by atoms with Crippen LogP contribution in [-0.4, -0.2) is 27.9 Å². The highest BCUT2D eigenvalue weighted by atomic mass is 32.2. The first-order valence-corrected chi connectivity index (χ1v) is 11.7. The van der Waals surface area contributed by atoms with Crippen LogP contribution in [0.3, 0.4) is 0 Å².